The highest BCUT2D eigenvalue weighted by Crippen LogP contribution is 2.34. The fourth-order valence-electron chi connectivity index (χ4n) is 1.53. The summed E-state index contributed by atoms with van der Waals surface area (Å²) in [6.45, 7) is 1.86. The van der Waals surface area contributed by atoms with Crippen LogP contribution in [-0.4, -0.2) is 8.42 Å². The molecule has 0 atom stereocenters. The summed E-state index contributed by atoms with van der Waals surface area (Å²) in [5, 5.41) is 0. The lowest BCUT2D eigenvalue weighted by molar-refractivity contribution is 0.582. The summed E-state index contributed by atoms with van der Waals surface area (Å²) in [5.41, 5.74) is 1.45. The van der Waals surface area contributed by atoms with Crippen LogP contribution in [0, 0.1) is 12.7 Å². The minimum absolute atomic E-state index is 0.0546. The van der Waals surface area contributed by atoms with Crippen LogP contribution in [-0.2, 0) is 16.6 Å². The minimum atomic E-state index is -3.60. The molecule has 0 spiro atoms. The summed E-state index contributed by atoms with van der Waals surface area (Å²) in [7, 11) is -3.60. The van der Waals surface area contributed by atoms with E-state index in [2.05, 4.69) is 36.6 Å². The van der Waals surface area contributed by atoms with Gasteiger partial charge in [-0.05, 0) is 68.1 Å². The SMILES string of the molecule is Cc1ccc(F)cc1CNS(=O)(=O)c1cc(Br)c(Br)s1. The molecule has 0 radical (unpaired) electrons. The molecule has 0 aliphatic heterocycles. The molecule has 0 fully saturated rings. The van der Waals surface area contributed by atoms with Crippen molar-refractivity contribution < 1.29 is 12.8 Å². The Hall–Kier alpha value is -0.280. The van der Waals surface area contributed by atoms with Crippen molar-refractivity contribution in [2.75, 3.05) is 0 Å². The van der Waals surface area contributed by atoms with Gasteiger partial charge in [-0.15, -0.1) is 11.3 Å². The fourth-order valence-corrected chi connectivity index (χ4v) is 5.40. The minimum Gasteiger partial charge on any atom is -0.207 e. The highest BCUT2D eigenvalue weighted by molar-refractivity contribution is 9.13. The van der Waals surface area contributed by atoms with E-state index in [1.54, 1.807) is 13.0 Å². The van der Waals surface area contributed by atoms with Crippen molar-refractivity contribution in [3.63, 3.8) is 0 Å². The summed E-state index contributed by atoms with van der Waals surface area (Å²) in [4.78, 5) is 0. The number of benzene rings is 1. The van der Waals surface area contributed by atoms with Gasteiger partial charge in [0.2, 0.25) is 10.0 Å². The number of sulfonamides is 1. The summed E-state index contributed by atoms with van der Waals surface area (Å²) in [6.07, 6.45) is 0. The topological polar surface area (TPSA) is 46.2 Å². The van der Waals surface area contributed by atoms with Crippen LogP contribution in [0.1, 0.15) is 11.1 Å². The number of aryl methyl sites for hydroxylation is 1. The molecule has 2 rings (SSSR count). The first kappa shape index (κ1) is 16.1. The van der Waals surface area contributed by atoms with E-state index in [4.69, 9.17) is 0 Å². The van der Waals surface area contributed by atoms with Gasteiger partial charge in [0.15, 0.2) is 0 Å². The predicted molar refractivity (Wildman–Crippen MR) is 84.9 cm³/mol. The lowest BCUT2D eigenvalue weighted by Crippen LogP contribution is -2.22. The molecule has 1 aromatic heterocycles. The van der Waals surface area contributed by atoms with Crippen molar-refractivity contribution in [2.24, 2.45) is 0 Å². The molecule has 0 saturated carbocycles. The zero-order chi connectivity index (χ0) is 14.9. The van der Waals surface area contributed by atoms with Crippen LogP contribution in [0.3, 0.4) is 0 Å². The second-order valence-electron chi connectivity index (χ2n) is 4.08. The molecule has 108 valence electrons. The van der Waals surface area contributed by atoms with Gasteiger partial charge >= 0.3 is 0 Å². The summed E-state index contributed by atoms with van der Waals surface area (Å²) >= 11 is 7.61. The molecule has 3 nitrogen and oxygen atoms in total. The van der Waals surface area contributed by atoms with Gasteiger partial charge < -0.3 is 0 Å². The van der Waals surface area contributed by atoms with Crippen molar-refractivity contribution >= 4 is 53.2 Å². The van der Waals surface area contributed by atoms with E-state index >= 15 is 0 Å². The average Bonchev–Trinajstić information content (AvgIpc) is 2.72. The molecule has 0 aliphatic carbocycles. The number of halogens is 3. The maximum absolute atomic E-state index is 13.2. The lowest BCUT2D eigenvalue weighted by Gasteiger charge is -2.07. The molecule has 0 bridgehead atoms. The Bertz CT molecular complexity index is 724. The van der Waals surface area contributed by atoms with Crippen LogP contribution in [0.15, 0.2) is 36.7 Å². The molecule has 1 N–H and O–H groups in total. The first-order valence-corrected chi connectivity index (χ1v) is 9.37. The van der Waals surface area contributed by atoms with Crippen LogP contribution in [0.25, 0.3) is 0 Å². The van der Waals surface area contributed by atoms with Crippen LogP contribution in [0.2, 0.25) is 0 Å². The van der Waals surface area contributed by atoms with E-state index in [1.807, 2.05) is 0 Å². The third-order valence-corrected chi connectivity index (χ3v) is 7.78. The van der Waals surface area contributed by atoms with Crippen LogP contribution in [0.5, 0.6) is 0 Å². The standard InChI is InChI=1S/C12H10Br2FNO2S2/c1-7-2-3-9(15)4-8(7)6-16-20(17,18)11-5-10(13)12(14)19-11/h2-5,16H,6H2,1H3. The third-order valence-electron chi connectivity index (χ3n) is 2.65. The summed E-state index contributed by atoms with van der Waals surface area (Å²) in [5.74, 6) is -0.383. The second kappa shape index (κ2) is 6.23. The average molecular weight is 443 g/mol. The van der Waals surface area contributed by atoms with Crippen molar-refractivity contribution in [3.05, 3.63) is 49.5 Å². The Morgan fingerprint density at radius 3 is 2.60 bits per heavy atom. The molecule has 8 heteroatoms. The molecular weight excluding hydrogens is 433 g/mol. The number of rotatable bonds is 4. The molecule has 0 unspecified atom stereocenters. The Kier molecular flexibility index (Phi) is 5.01. The van der Waals surface area contributed by atoms with Gasteiger partial charge in [0.05, 0.1) is 3.79 Å². The monoisotopic (exact) mass is 441 g/mol. The Balaban J connectivity index is 2.19. The van der Waals surface area contributed by atoms with Crippen molar-refractivity contribution in [3.8, 4) is 0 Å². The van der Waals surface area contributed by atoms with E-state index in [1.165, 1.54) is 18.2 Å². The smallest absolute Gasteiger partial charge is 0.207 e. The number of hydrogen-bond donors (Lipinski definition) is 1. The summed E-state index contributed by atoms with van der Waals surface area (Å²) in [6, 6.07) is 5.83. The van der Waals surface area contributed by atoms with E-state index in [9.17, 15) is 12.8 Å². The van der Waals surface area contributed by atoms with E-state index < -0.39 is 10.0 Å². The number of hydrogen-bond acceptors (Lipinski definition) is 3. The van der Waals surface area contributed by atoms with Gasteiger partial charge in [-0.25, -0.2) is 17.5 Å². The van der Waals surface area contributed by atoms with Crippen LogP contribution < -0.4 is 4.72 Å². The normalized spacial score (nSPS) is 11.8. The first-order chi connectivity index (χ1) is 9.29. The molecule has 0 aliphatic rings. The number of thiophene rings is 1. The zero-order valence-electron chi connectivity index (χ0n) is 10.3. The zero-order valence-corrected chi connectivity index (χ0v) is 15.1. The second-order valence-corrected chi connectivity index (χ2v) is 9.30. The lowest BCUT2D eigenvalue weighted by atomic mass is 10.1. The van der Waals surface area contributed by atoms with E-state index in [0.717, 1.165) is 16.9 Å². The molecular formula is C12H10Br2FNO2S2. The van der Waals surface area contributed by atoms with Gasteiger partial charge in [-0.3, -0.25) is 0 Å². The third kappa shape index (κ3) is 3.67. The Morgan fingerprint density at radius 2 is 2.00 bits per heavy atom. The molecule has 20 heavy (non-hydrogen) atoms. The summed E-state index contributed by atoms with van der Waals surface area (Å²) < 4.78 is 41.5. The van der Waals surface area contributed by atoms with Gasteiger partial charge in [-0.1, -0.05) is 6.07 Å². The van der Waals surface area contributed by atoms with Crippen LogP contribution in [0.4, 0.5) is 4.39 Å². The van der Waals surface area contributed by atoms with Gasteiger partial charge in [0.1, 0.15) is 10.0 Å². The van der Waals surface area contributed by atoms with Crippen molar-refractivity contribution in [2.45, 2.75) is 17.7 Å². The maximum atomic E-state index is 13.2. The van der Waals surface area contributed by atoms with E-state index in [-0.39, 0.29) is 16.6 Å². The number of nitrogens with one attached hydrogen (secondary N) is 1. The van der Waals surface area contributed by atoms with Gasteiger partial charge in [-0.2, -0.15) is 0 Å². The Labute approximate surface area is 137 Å². The predicted octanol–water partition coefficient (Wildman–Crippen LogP) is 4.20. The quantitative estimate of drug-likeness (QED) is 0.771. The van der Waals surface area contributed by atoms with Gasteiger partial charge in [0.25, 0.3) is 0 Å². The Morgan fingerprint density at radius 1 is 1.30 bits per heavy atom. The molecule has 2 aromatic rings. The first-order valence-electron chi connectivity index (χ1n) is 5.49. The molecule has 0 amide bonds. The molecule has 0 saturated heterocycles. The largest absolute Gasteiger partial charge is 0.250 e. The van der Waals surface area contributed by atoms with Crippen molar-refractivity contribution in [1.29, 1.82) is 0 Å². The van der Waals surface area contributed by atoms with Gasteiger partial charge in [0, 0.05) is 11.0 Å². The maximum Gasteiger partial charge on any atom is 0.250 e. The molecule has 1 heterocycles. The fraction of sp³-hybridized carbons (Fsp3) is 0.167. The highest BCUT2D eigenvalue weighted by atomic mass is 79.9. The van der Waals surface area contributed by atoms with Crippen LogP contribution >= 0.6 is 43.2 Å². The van der Waals surface area contributed by atoms with Crippen molar-refractivity contribution in [1.82, 2.24) is 4.72 Å². The molecule has 1 aromatic carbocycles. The van der Waals surface area contributed by atoms with E-state index in [0.29, 0.717) is 13.8 Å². The highest BCUT2D eigenvalue weighted by Gasteiger charge is 2.18.